The van der Waals surface area contributed by atoms with E-state index < -0.39 is 0 Å². The van der Waals surface area contributed by atoms with E-state index in [1.54, 1.807) is 0 Å². The third-order valence-electron chi connectivity index (χ3n) is 2.31. The second-order valence-corrected chi connectivity index (χ2v) is 4.35. The Morgan fingerprint density at radius 2 is 2.20 bits per heavy atom. The summed E-state index contributed by atoms with van der Waals surface area (Å²) in [5.41, 5.74) is 1.23. The standard InChI is InChI=1S/C11H18BrN3/c1-4-13-7-9-6-10(12)8-14-11(9)15(3)5-2/h6,8,13H,4-5,7H2,1-3H3. The van der Waals surface area contributed by atoms with Crippen LogP contribution in [0.3, 0.4) is 0 Å². The van der Waals surface area contributed by atoms with Gasteiger partial charge in [0.15, 0.2) is 0 Å². The molecule has 0 bridgehead atoms. The molecule has 0 atom stereocenters. The Morgan fingerprint density at radius 1 is 1.47 bits per heavy atom. The van der Waals surface area contributed by atoms with Crippen molar-refractivity contribution in [1.29, 1.82) is 0 Å². The summed E-state index contributed by atoms with van der Waals surface area (Å²) in [6, 6.07) is 2.12. The molecule has 0 saturated carbocycles. The van der Waals surface area contributed by atoms with Gasteiger partial charge in [-0.1, -0.05) is 6.92 Å². The van der Waals surface area contributed by atoms with Crippen molar-refractivity contribution in [1.82, 2.24) is 10.3 Å². The highest BCUT2D eigenvalue weighted by molar-refractivity contribution is 9.10. The Kier molecular flexibility index (Phi) is 5.05. The van der Waals surface area contributed by atoms with Crippen molar-refractivity contribution in [3.05, 3.63) is 22.3 Å². The third kappa shape index (κ3) is 3.47. The maximum atomic E-state index is 4.44. The van der Waals surface area contributed by atoms with Crippen molar-refractivity contribution in [2.24, 2.45) is 0 Å². The second kappa shape index (κ2) is 6.08. The predicted molar refractivity (Wildman–Crippen MR) is 68.3 cm³/mol. The molecule has 0 spiro atoms. The number of pyridine rings is 1. The lowest BCUT2D eigenvalue weighted by Gasteiger charge is -2.19. The molecule has 0 radical (unpaired) electrons. The van der Waals surface area contributed by atoms with Crippen LogP contribution in [0.25, 0.3) is 0 Å². The lowest BCUT2D eigenvalue weighted by molar-refractivity contribution is 0.720. The van der Waals surface area contributed by atoms with Gasteiger partial charge in [0.05, 0.1) is 0 Å². The molecular formula is C11H18BrN3. The van der Waals surface area contributed by atoms with Gasteiger partial charge in [-0.25, -0.2) is 4.98 Å². The molecule has 0 aliphatic rings. The van der Waals surface area contributed by atoms with Gasteiger partial charge in [-0.3, -0.25) is 0 Å². The molecule has 0 unspecified atom stereocenters. The molecule has 15 heavy (non-hydrogen) atoms. The first-order valence-corrected chi connectivity index (χ1v) is 6.04. The highest BCUT2D eigenvalue weighted by Gasteiger charge is 2.07. The predicted octanol–water partition coefficient (Wildman–Crippen LogP) is 2.41. The fourth-order valence-corrected chi connectivity index (χ4v) is 1.74. The molecule has 1 rings (SSSR count). The van der Waals surface area contributed by atoms with Crippen LogP contribution >= 0.6 is 15.9 Å². The molecule has 0 aliphatic carbocycles. The molecule has 1 aromatic heterocycles. The van der Waals surface area contributed by atoms with Crippen molar-refractivity contribution >= 4 is 21.7 Å². The molecule has 0 amide bonds. The summed E-state index contributed by atoms with van der Waals surface area (Å²) >= 11 is 3.45. The van der Waals surface area contributed by atoms with Crippen LogP contribution in [-0.2, 0) is 6.54 Å². The van der Waals surface area contributed by atoms with Crippen molar-refractivity contribution in [3.63, 3.8) is 0 Å². The van der Waals surface area contributed by atoms with E-state index in [4.69, 9.17) is 0 Å². The van der Waals surface area contributed by atoms with E-state index in [-0.39, 0.29) is 0 Å². The quantitative estimate of drug-likeness (QED) is 0.892. The highest BCUT2D eigenvalue weighted by Crippen LogP contribution is 2.20. The van der Waals surface area contributed by atoms with E-state index in [0.717, 1.165) is 29.9 Å². The summed E-state index contributed by atoms with van der Waals surface area (Å²) in [6.45, 7) is 7.04. The van der Waals surface area contributed by atoms with E-state index in [1.165, 1.54) is 5.56 Å². The first-order chi connectivity index (χ1) is 7.19. The van der Waals surface area contributed by atoms with Crippen LogP contribution < -0.4 is 10.2 Å². The van der Waals surface area contributed by atoms with Crippen LogP contribution in [-0.4, -0.2) is 25.1 Å². The van der Waals surface area contributed by atoms with Crippen LogP contribution in [0.1, 0.15) is 19.4 Å². The number of nitrogens with one attached hydrogen (secondary N) is 1. The van der Waals surface area contributed by atoms with Gasteiger partial charge in [-0.15, -0.1) is 0 Å². The summed E-state index contributed by atoms with van der Waals surface area (Å²) in [5.74, 6) is 1.06. The monoisotopic (exact) mass is 271 g/mol. The topological polar surface area (TPSA) is 28.2 Å². The smallest absolute Gasteiger partial charge is 0.132 e. The van der Waals surface area contributed by atoms with E-state index >= 15 is 0 Å². The Morgan fingerprint density at radius 3 is 2.80 bits per heavy atom. The van der Waals surface area contributed by atoms with Gasteiger partial charge in [0.2, 0.25) is 0 Å². The summed E-state index contributed by atoms with van der Waals surface area (Å²) in [5, 5.41) is 3.32. The normalized spacial score (nSPS) is 10.4. The number of rotatable bonds is 5. The van der Waals surface area contributed by atoms with Crippen LogP contribution in [0, 0.1) is 0 Å². The first-order valence-electron chi connectivity index (χ1n) is 5.25. The summed E-state index contributed by atoms with van der Waals surface area (Å²) < 4.78 is 1.03. The molecule has 0 aromatic carbocycles. The fourth-order valence-electron chi connectivity index (χ4n) is 1.36. The maximum Gasteiger partial charge on any atom is 0.132 e. The van der Waals surface area contributed by atoms with Crippen LogP contribution in [0.2, 0.25) is 0 Å². The van der Waals surface area contributed by atoms with Gasteiger partial charge >= 0.3 is 0 Å². The van der Waals surface area contributed by atoms with E-state index in [1.807, 2.05) is 6.20 Å². The van der Waals surface area contributed by atoms with Gasteiger partial charge in [-0.05, 0) is 35.5 Å². The summed E-state index contributed by atoms with van der Waals surface area (Å²) in [7, 11) is 2.06. The molecule has 1 aromatic rings. The number of hydrogen-bond donors (Lipinski definition) is 1. The zero-order valence-corrected chi connectivity index (χ0v) is 11.1. The largest absolute Gasteiger partial charge is 0.360 e. The van der Waals surface area contributed by atoms with Crippen molar-refractivity contribution in [2.45, 2.75) is 20.4 Å². The van der Waals surface area contributed by atoms with Gasteiger partial charge in [0.25, 0.3) is 0 Å². The minimum absolute atomic E-state index is 0.864. The van der Waals surface area contributed by atoms with Gasteiger partial charge in [-0.2, -0.15) is 0 Å². The van der Waals surface area contributed by atoms with Crippen LogP contribution in [0.15, 0.2) is 16.7 Å². The zero-order valence-electron chi connectivity index (χ0n) is 9.55. The van der Waals surface area contributed by atoms with Crippen molar-refractivity contribution in [3.8, 4) is 0 Å². The number of anilines is 1. The first kappa shape index (κ1) is 12.5. The lowest BCUT2D eigenvalue weighted by atomic mass is 10.2. The number of aromatic nitrogens is 1. The van der Waals surface area contributed by atoms with Gasteiger partial charge < -0.3 is 10.2 Å². The zero-order chi connectivity index (χ0) is 11.3. The SMILES string of the molecule is CCNCc1cc(Br)cnc1N(C)CC. The Bertz CT molecular complexity index is 315. The molecule has 84 valence electrons. The van der Waals surface area contributed by atoms with E-state index in [9.17, 15) is 0 Å². The van der Waals surface area contributed by atoms with Gasteiger partial charge in [0.1, 0.15) is 5.82 Å². The van der Waals surface area contributed by atoms with Gasteiger partial charge in [0, 0.05) is 36.4 Å². The van der Waals surface area contributed by atoms with Crippen LogP contribution in [0.4, 0.5) is 5.82 Å². The molecule has 1 N–H and O–H groups in total. The second-order valence-electron chi connectivity index (χ2n) is 3.43. The summed E-state index contributed by atoms with van der Waals surface area (Å²) in [4.78, 5) is 6.59. The minimum Gasteiger partial charge on any atom is -0.360 e. The number of hydrogen-bond acceptors (Lipinski definition) is 3. The fraction of sp³-hybridized carbons (Fsp3) is 0.545. The molecule has 3 nitrogen and oxygen atoms in total. The number of nitrogens with zero attached hydrogens (tertiary/aromatic N) is 2. The molecule has 0 fully saturated rings. The van der Waals surface area contributed by atoms with Crippen molar-refractivity contribution < 1.29 is 0 Å². The minimum atomic E-state index is 0.864. The molecule has 4 heteroatoms. The lowest BCUT2D eigenvalue weighted by Crippen LogP contribution is -2.21. The Balaban J connectivity index is 2.92. The van der Waals surface area contributed by atoms with Crippen molar-refractivity contribution in [2.75, 3.05) is 25.0 Å². The average molecular weight is 272 g/mol. The molecule has 0 saturated heterocycles. The maximum absolute atomic E-state index is 4.44. The summed E-state index contributed by atoms with van der Waals surface area (Å²) in [6.07, 6.45) is 1.84. The Hall–Kier alpha value is -0.610. The Labute approximate surface area is 100 Å². The average Bonchev–Trinajstić information content (AvgIpc) is 2.25. The highest BCUT2D eigenvalue weighted by atomic mass is 79.9. The third-order valence-corrected chi connectivity index (χ3v) is 2.74. The molecule has 0 aliphatic heterocycles. The number of halogens is 1. The van der Waals surface area contributed by atoms with E-state index in [0.29, 0.717) is 0 Å². The molecule has 1 heterocycles. The van der Waals surface area contributed by atoms with Crippen LogP contribution in [0.5, 0.6) is 0 Å². The van der Waals surface area contributed by atoms with E-state index in [2.05, 4.69) is 58.1 Å². The molecular weight excluding hydrogens is 254 g/mol.